The van der Waals surface area contributed by atoms with Gasteiger partial charge in [0.05, 0.1) is 42.3 Å². The largest absolute Gasteiger partial charge is 1.00 e. The zero-order valence-corrected chi connectivity index (χ0v) is 12.4. The van der Waals surface area contributed by atoms with E-state index in [1.165, 1.54) is 12.8 Å². The highest BCUT2D eigenvalue weighted by Crippen LogP contribution is 2.47. The van der Waals surface area contributed by atoms with E-state index in [0.717, 1.165) is 30.4 Å². The molecular weight excluding hydrogens is 274 g/mol. The summed E-state index contributed by atoms with van der Waals surface area (Å²) in [6, 6.07) is 0.999. The lowest BCUT2D eigenvalue weighted by Crippen LogP contribution is -3.00. The van der Waals surface area contributed by atoms with Crippen LogP contribution in [0.4, 0.5) is 0 Å². The van der Waals surface area contributed by atoms with Crippen LogP contribution >= 0.6 is 0 Å². The van der Waals surface area contributed by atoms with E-state index in [4.69, 9.17) is 0 Å². The molecule has 0 saturated carbocycles. The molecule has 3 saturated heterocycles. The molecule has 0 radical (unpaired) electrons. The smallest absolute Gasteiger partial charge is 0.161 e. The first kappa shape index (κ1) is 14.6. The van der Waals surface area contributed by atoms with E-state index in [-0.39, 0.29) is 12.4 Å². The molecule has 3 fully saturated rings. The Bertz CT molecular complexity index is 403. The Morgan fingerprint density at radius 1 is 1.11 bits per heavy atom. The minimum Gasteiger partial charge on any atom is -1.00 e. The van der Waals surface area contributed by atoms with Crippen molar-refractivity contribution in [1.82, 2.24) is 0 Å². The van der Waals surface area contributed by atoms with Gasteiger partial charge in [-0.25, -0.2) is 8.42 Å². The summed E-state index contributed by atoms with van der Waals surface area (Å²) < 4.78 is 24.2. The summed E-state index contributed by atoms with van der Waals surface area (Å²) in [4.78, 5) is 0. The molecule has 1 N–H and O–H groups in total. The van der Waals surface area contributed by atoms with Crippen molar-refractivity contribution in [2.75, 3.05) is 24.6 Å². The highest BCUT2D eigenvalue weighted by molar-refractivity contribution is 7.91. The van der Waals surface area contributed by atoms with Gasteiger partial charge in [0.2, 0.25) is 0 Å². The Balaban J connectivity index is 0.00000120. The average molecular weight is 296 g/mol. The number of piperidine rings is 1. The average Bonchev–Trinajstić information content (AvgIpc) is 2.41. The quantitative estimate of drug-likeness (QED) is 0.495. The Kier molecular flexibility index (Phi) is 3.51. The maximum Gasteiger partial charge on any atom is 0.161 e. The predicted molar refractivity (Wildman–Crippen MR) is 65.3 cm³/mol. The van der Waals surface area contributed by atoms with Gasteiger partial charge in [-0.05, 0) is 6.92 Å². The highest BCUT2D eigenvalue weighted by Gasteiger charge is 2.58. The Morgan fingerprint density at radius 2 is 1.56 bits per heavy atom. The van der Waals surface area contributed by atoms with E-state index in [1.807, 2.05) is 6.92 Å². The summed E-state index contributed by atoms with van der Waals surface area (Å²) >= 11 is 0. The van der Waals surface area contributed by atoms with Crippen molar-refractivity contribution < 1.29 is 30.4 Å². The van der Waals surface area contributed by atoms with E-state index in [0.29, 0.717) is 23.6 Å². The number of rotatable bonds is 0. The van der Waals surface area contributed by atoms with Gasteiger partial charge in [-0.15, -0.1) is 0 Å². The fourth-order valence-electron chi connectivity index (χ4n) is 4.43. The second-order valence-corrected chi connectivity index (χ2v) is 8.80. The summed E-state index contributed by atoms with van der Waals surface area (Å²) in [5.41, 5.74) is -0.522. The third-order valence-corrected chi connectivity index (χ3v) is 6.88. The van der Waals surface area contributed by atoms with Crippen LogP contribution in [0.15, 0.2) is 0 Å². The number of halogens is 1. The van der Waals surface area contributed by atoms with Crippen LogP contribution in [0, 0.1) is 0 Å². The lowest BCUT2D eigenvalue weighted by atomic mass is 9.85. The number of hydrogen-bond acceptors (Lipinski definition) is 3. The van der Waals surface area contributed by atoms with Crippen LogP contribution in [0.1, 0.15) is 32.6 Å². The molecule has 3 heterocycles. The molecule has 0 aromatic rings. The topological polar surface area (TPSA) is 54.4 Å². The molecule has 0 aromatic heterocycles. The molecule has 3 aliphatic rings. The molecule has 2 atom stereocenters. The first-order chi connectivity index (χ1) is 7.83. The highest BCUT2D eigenvalue weighted by atomic mass is 35.5. The SMILES string of the molecule is CC1(O)CC2CCC(C1)[N+]21CCS(=O)(=O)CC1.[Cl-]. The van der Waals surface area contributed by atoms with Crippen LogP contribution in [0.25, 0.3) is 0 Å². The molecule has 18 heavy (non-hydrogen) atoms. The van der Waals surface area contributed by atoms with Crippen LogP contribution in [0.2, 0.25) is 0 Å². The Morgan fingerprint density at radius 3 is 2.00 bits per heavy atom. The van der Waals surface area contributed by atoms with E-state index >= 15 is 0 Å². The predicted octanol–water partition coefficient (Wildman–Crippen LogP) is -2.69. The van der Waals surface area contributed by atoms with Crippen LogP contribution in [0.3, 0.4) is 0 Å². The van der Waals surface area contributed by atoms with Gasteiger partial charge in [0.15, 0.2) is 9.84 Å². The van der Waals surface area contributed by atoms with Gasteiger partial charge in [0.25, 0.3) is 0 Å². The molecule has 0 amide bonds. The van der Waals surface area contributed by atoms with Crippen molar-refractivity contribution in [3.05, 3.63) is 0 Å². The molecule has 0 aliphatic carbocycles. The van der Waals surface area contributed by atoms with Crippen molar-refractivity contribution in [3.8, 4) is 0 Å². The van der Waals surface area contributed by atoms with Gasteiger partial charge in [0.1, 0.15) is 0 Å². The Hall–Kier alpha value is 0.160. The number of sulfone groups is 1. The Labute approximate surface area is 115 Å². The number of hydrogen-bond donors (Lipinski definition) is 1. The van der Waals surface area contributed by atoms with Crippen LogP contribution in [-0.2, 0) is 9.84 Å². The van der Waals surface area contributed by atoms with Gasteiger partial charge in [0, 0.05) is 25.7 Å². The fraction of sp³-hybridized carbons (Fsp3) is 1.00. The molecule has 0 aromatic carbocycles. The molecule has 2 bridgehead atoms. The van der Waals surface area contributed by atoms with Crippen LogP contribution < -0.4 is 12.4 Å². The first-order valence-corrected chi connectivity index (χ1v) is 8.44. The second-order valence-electron chi connectivity index (χ2n) is 6.49. The monoisotopic (exact) mass is 295 g/mol. The summed E-state index contributed by atoms with van der Waals surface area (Å²) in [5, 5.41) is 10.2. The molecular formula is C12H22ClNO3S. The molecule has 1 spiro atoms. The lowest BCUT2D eigenvalue weighted by molar-refractivity contribution is -0.965. The molecule has 4 nitrogen and oxygen atoms in total. The summed E-state index contributed by atoms with van der Waals surface area (Å²) in [5.74, 6) is 0.699. The van der Waals surface area contributed by atoms with Crippen molar-refractivity contribution in [1.29, 1.82) is 0 Å². The van der Waals surface area contributed by atoms with Crippen LogP contribution in [0.5, 0.6) is 0 Å². The normalized spacial score (nSPS) is 44.6. The summed E-state index contributed by atoms with van der Waals surface area (Å²) in [6.45, 7) is 3.51. The van der Waals surface area contributed by atoms with Crippen LogP contribution in [-0.4, -0.2) is 60.3 Å². The molecule has 3 rings (SSSR count). The van der Waals surface area contributed by atoms with E-state index in [9.17, 15) is 13.5 Å². The molecule has 3 aliphatic heterocycles. The minimum atomic E-state index is -2.78. The van der Waals surface area contributed by atoms with Crippen molar-refractivity contribution >= 4 is 9.84 Å². The van der Waals surface area contributed by atoms with E-state index < -0.39 is 15.4 Å². The summed E-state index contributed by atoms with van der Waals surface area (Å²) in [6.07, 6.45) is 4.04. The van der Waals surface area contributed by atoms with E-state index in [2.05, 4.69) is 0 Å². The zero-order valence-electron chi connectivity index (χ0n) is 10.8. The summed E-state index contributed by atoms with van der Waals surface area (Å²) in [7, 11) is -2.78. The van der Waals surface area contributed by atoms with Crippen molar-refractivity contribution in [3.63, 3.8) is 0 Å². The molecule has 2 unspecified atom stereocenters. The van der Waals surface area contributed by atoms with Gasteiger partial charge >= 0.3 is 0 Å². The number of aliphatic hydroxyl groups is 1. The van der Waals surface area contributed by atoms with Gasteiger partial charge < -0.3 is 22.0 Å². The maximum absolute atomic E-state index is 11.6. The zero-order chi connectivity index (χ0) is 12.3. The third-order valence-electron chi connectivity index (χ3n) is 5.28. The van der Waals surface area contributed by atoms with Gasteiger partial charge in [-0.2, -0.15) is 0 Å². The standard InChI is InChI=1S/C12H22NO3S.ClH/c1-12(14)8-10-2-3-11(9-12)13(10)4-6-17(15,16)7-5-13;/h10-11,14H,2-9H2,1H3;1H/q+1;/p-1. The van der Waals surface area contributed by atoms with Crippen molar-refractivity contribution in [2.24, 2.45) is 0 Å². The van der Waals surface area contributed by atoms with Gasteiger partial charge in [-0.3, -0.25) is 0 Å². The number of nitrogens with zero attached hydrogens (tertiary/aromatic N) is 1. The lowest BCUT2D eigenvalue weighted by Gasteiger charge is -2.53. The third kappa shape index (κ3) is 2.19. The van der Waals surface area contributed by atoms with Crippen molar-refractivity contribution in [2.45, 2.75) is 50.3 Å². The first-order valence-electron chi connectivity index (χ1n) is 6.62. The second kappa shape index (κ2) is 4.33. The fourth-order valence-corrected chi connectivity index (χ4v) is 5.87. The molecule has 6 heteroatoms. The maximum atomic E-state index is 11.6. The number of quaternary nitrogens is 1. The van der Waals surface area contributed by atoms with E-state index in [1.54, 1.807) is 0 Å². The minimum absolute atomic E-state index is 0. The van der Waals surface area contributed by atoms with Gasteiger partial charge in [-0.1, -0.05) is 0 Å². The molecule has 106 valence electrons.